The zero-order valence-electron chi connectivity index (χ0n) is 10.9. The van der Waals surface area contributed by atoms with Crippen molar-refractivity contribution in [3.63, 3.8) is 0 Å². The molecule has 0 amide bonds. The summed E-state index contributed by atoms with van der Waals surface area (Å²) in [6.45, 7) is 2.80. The Kier molecular flexibility index (Phi) is 6.53. The Morgan fingerprint density at radius 1 is 1.26 bits per heavy atom. The van der Waals surface area contributed by atoms with Gasteiger partial charge in [-0.25, -0.2) is 4.72 Å². The van der Waals surface area contributed by atoms with Crippen LogP contribution in [-0.4, -0.2) is 21.5 Å². The average Bonchev–Trinajstić information content (AvgIpc) is 2.41. The summed E-state index contributed by atoms with van der Waals surface area (Å²) in [6, 6.07) is 7.37. The second kappa shape index (κ2) is 7.92. The van der Waals surface area contributed by atoms with Crippen molar-refractivity contribution in [3.8, 4) is 11.8 Å². The zero-order chi connectivity index (χ0) is 14.1. The van der Waals surface area contributed by atoms with E-state index in [4.69, 9.17) is 5.73 Å². The largest absolute Gasteiger partial charge is 0.320 e. The van der Waals surface area contributed by atoms with E-state index in [1.54, 1.807) is 0 Å². The smallest absolute Gasteiger partial charge is 0.277 e. The molecule has 0 bridgehead atoms. The first-order valence-electron chi connectivity index (χ1n) is 6.10. The molecule has 0 aromatic heterocycles. The van der Waals surface area contributed by atoms with E-state index < -0.39 is 10.2 Å². The van der Waals surface area contributed by atoms with Gasteiger partial charge in [0.2, 0.25) is 0 Å². The van der Waals surface area contributed by atoms with Crippen molar-refractivity contribution in [1.82, 2.24) is 9.44 Å². The molecule has 4 N–H and O–H groups in total. The minimum Gasteiger partial charge on any atom is -0.320 e. The lowest BCUT2D eigenvalue weighted by Crippen LogP contribution is -2.36. The van der Waals surface area contributed by atoms with Gasteiger partial charge in [0.05, 0.1) is 6.54 Å². The fraction of sp³-hybridized carbons (Fsp3) is 0.385. The van der Waals surface area contributed by atoms with Crippen LogP contribution in [0.25, 0.3) is 0 Å². The van der Waals surface area contributed by atoms with Crippen LogP contribution >= 0.6 is 0 Å². The molecule has 1 aromatic rings. The molecule has 0 heterocycles. The lowest BCUT2D eigenvalue weighted by Gasteiger charge is -2.08. The highest BCUT2D eigenvalue weighted by molar-refractivity contribution is 7.87. The first kappa shape index (κ1) is 15.7. The Labute approximate surface area is 114 Å². The highest BCUT2D eigenvalue weighted by Crippen LogP contribution is 2.07. The predicted octanol–water partition coefficient (Wildman–Crippen LogP) is 0.331. The monoisotopic (exact) mass is 281 g/mol. The lowest BCUT2D eigenvalue weighted by molar-refractivity contribution is 0.565. The Balaban J connectivity index is 2.72. The standard InChI is InChI=1S/C13H19N3O2S/c1-2-10-15-19(17,18)16-11-13-7-4-3-6-12(13)8-5-9-14/h3-4,6-7,15-16H,2,9-11,14H2,1H3. The number of hydrogen-bond donors (Lipinski definition) is 3. The third-order valence-corrected chi connectivity index (χ3v) is 3.45. The highest BCUT2D eigenvalue weighted by atomic mass is 32.2. The molecule has 0 aliphatic carbocycles. The summed E-state index contributed by atoms with van der Waals surface area (Å²) < 4.78 is 28.2. The zero-order valence-corrected chi connectivity index (χ0v) is 11.8. The molecule has 1 rings (SSSR count). The molecular formula is C13H19N3O2S. The van der Waals surface area contributed by atoms with Crippen molar-refractivity contribution in [3.05, 3.63) is 35.4 Å². The summed E-state index contributed by atoms with van der Waals surface area (Å²) >= 11 is 0. The van der Waals surface area contributed by atoms with E-state index in [1.807, 2.05) is 31.2 Å². The quantitative estimate of drug-likeness (QED) is 0.657. The summed E-state index contributed by atoms with van der Waals surface area (Å²) in [5.41, 5.74) is 6.94. The van der Waals surface area contributed by atoms with E-state index in [2.05, 4.69) is 21.3 Å². The van der Waals surface area contributed by atoms with E-state index in [0.29, 0.717) is 6.54 Å². The molecule has 5 nitrogen and oxygen atoms in total. The third kappa shape index (κ3) is 5.85. The molecule has 0 radical (unpaired) electrons. The van der Waals surface area contributed by atoms with Gasteiger partial charge in [-0.3, -0.25) is 0 Å². The molecule has 1 aromatic carbocycles. The summed E-state index contributed by atoms with van der Waals surface area (Å²) in [6.07, 6.45) is 0.749. The van der Waals surface area contributed by atoms with Crippen molar-refractivity contribution < 1.29 is 8.42 Å². The topological polar surface area (TPSA) is 84.2 Å². The van der Waals surface area contributed by atoms with Gasteiger partial charge in [0, 0.05) is 18.7 Å². The Hall–Kier alpha value is -1.39. The molecule has 0 aliphatic rings. The van der Waals surface area contributed by atoms with Gasteiger partial charge in [0.25, 0.3) is 10.2 Å². The van der Waals surface area contributed by atoms with Crippen molar-refractivity contribution in [2.45, 2.75) is 19.9 Å². The van der Waals surface area contributed by atoms with Crippen LogP contribution in [0.15, 0.2) is 24.3 Å². The molecule has 0 atom stereocenters. The van der Waals surface area contributed by atoms with Crippen molar-refractivity contribution in [1.29, 1.82) is 0 Å². The van der Waals surface area contributed by atoms with Crippen LogP contribution in [0.1, 0.15) is 24.5 Å². The fourth-order valence-electron chi connectivity index (χ4n) is 1.40. The van der Waals surface area contributed by atoms with Gasteiger partial charge in [-0.15, -0.1) is 0 Å². The van der Waals surface area contributed by atoms with Gasteiger partial charge >= 0.3 is 0 Å². The maximum atomic E-state index is 11.6. The van der Waals surface area contributed by atoms with E-state index >= 15 is 0 Å². The van der Waals surface area contributed by atoms with Crippen LogP contribution in [0.4, 0.5) is 0 Å². The summed E-state index contributed by atoms with van der Waals surface area (Å²) in [7, 11) is -3.45. The maximum absolute atomic E-state index is 11.6. The number of rotatable bonds is 6. The molecular weight excluding hydrogens is 262 g/mol. The van der Waals surface area contributed by atoms with Gasteiger partial charge in [0.1, 0.15) is 0 Å². The molecule has 19 heavy (non-hydrogen) atoms. The number of nitrogens with two attached hydrogens (primary N) is 1. The molecule has 6 heteroatoms. The lowest BCUT2D eigenvalue weighted by atomic mass is 10.1. The normalized spacial score (nSPS) is 10.8. The van der Waals surface area contributed by atoms with E-state index in [0.717, 1.165) is 17.5 Å². The average molecular weight is 281 g/mol. The van der Waals surface area contributed by atoms with Gasteiger partial charge in [0.15, 0.2) is 0 Å². The summed E-state index contributed by atoms with van der Waals surface area (Å²) in [4.78, 5) is 0. The van der Waals surface area contributed by atoms with Crippen molar-refractivity contribution >= 4 is 10.2 Å². The molecule has 0 spiro atoms. The SMILES string of the molecule is CCCNS(=O)(=O)NCc1ccccc1C#CCN. The molecule has 0 fully saturated rings. The Morgan fingerprint density at radius 2 is 2.00 bits per heavy atom. The van der Waals surface area contributed by atoms with Crippen LogP contribution in [0.5, 0.6) is 0 Å². The van der Waals surface area contributed by atoms with Crippen LogP contribution < -0.4 is 15.2 Å². The summed E-state index contributed by atoms with van der Waals surface area (Å²) in [5.74, 6) is 5.68. The first-order valence-corrected chi connectivity index (χ1v) is 7.58. The van der Waals surface area contributed by atoms with Crippen LogP contribution in [0, 0.1) is 11.8 Å². The van der Waals surface area contributed by atoms with Gasteiger partial charge in [-0.2, -0.15) is 13.1 Å². The van der Waals surface area contributed by atoms with Gasteiger partial charge in [-0.05, 0) is 18.1 Å². The Bertz CT molecular complexity index is 559. The van der Waals surface area contributed by atoms with Crippen LogP contribution in [0.3, 0.4) is 0 Å². The van der Waals surface area contributed by atoms with E-state index in [-0.39, 0.29) is 13.1 Å². The summed E-state index contributed by atoms with van der Waals surface area (Å²) in [5, 5.41) is 0. The first-order chi connectivity index (χ1) is 9.09. The number of nitrogens with one attached hydrogen (secondary N) is 2. The van der Waals surface area contributed by atoms with Gasteiger partial charge < -0.3 is 5.73 Å². The molecule has 104 valence electrons. The number of hydrogen-bond acceptors (Lipinski definition) is 3. The van der Waals surface area contributed by atoms with E-state index in [1.165, 1.54) is 0 Å². The minimum atomic E-state index is -3.45. The predicted molar refractivity (Wildman–Crippen MR) is 76.4 cm³/mol. The van der Waals surface area contributed by atoms with Crippen LogP contribution in [-0.2, 0) is 16.8 Å². The third-order valence-electron chi connectivity index (χ3n) is 2.34. The molecule has 0 unspecified atom stereocenters. The number of benzene rings is 1. The second-order valence-electron chi connectivity index (χ2n) is 3.88. The highest BCUT2D eigenvalue weighted by Gasteiger charge is 2.08. The molecule has 0 saturated heterocycles. The molecule has 0 aliphatic heterocycles. The second-order valence-corrected chi connectivity index (χ2v) is 5.47. The van der Waals surface area contributed by atoms with Crippen LogP contribution in [0.2, 0.25) is 0 Å². The fourth-order valence-corrected chi connectivity index (χ4v) is 2.32. The van der Waals surface area contributed by atoms with Gasteiger partial charge in [-0.1, -0.05) is 37.0 Å². The van der Waals surface area contributed by atoms with Crippen molar-refractivity contribution in [2.75, 3.05) is 13.1 Å². The Morgan fingerprint density at radius 3 is 2.68 bits per heavy atom. The molecule has 0 saturated carbocycles. The van der Waals surface area contributed by atoms with Crippen molar-refractivity contribution in [2.24, 2.45) is 5.73 Å². The minimum absolute atomic E-state index is 0.203. The van der Waals surface area contributed by atoms with E-state index in [9.17, 15) is 8.42 Å². The maximum Gasteiger partial charge on any atom is 0.277 e.